The average molecular weight is 354 g/mol. The van der Waals surface area contributed by atoms with Crippen molar-refractivity contribution in [2.24, 2.45) is 0 Å². The van der Waals surface area contributed by atoms with Gasteiger partial charge in [-0.3, -0.25) is 9.10 Å². The van der Waals surface area contributed by atoms with E-state index in [-0.39, 0.29) is 12.5 Å². The Balaban J connectivity index is 2.32. The number of carbonyl (C=O) groups is 2. The number of sulfonamides is 1. The van der Waals surface area contributed by atoms with Crippen LogP contribution in [-0.2, 0) is 21.2 Å². The van der Waals surface area contributed by atoms with E-state index in [1.54, 1.807) is 26.0 Å². The van der Waals surface area contributed by atoms with Crippen molar-refractivity contribution in [2.75, 3.05) is 10.6 Å². The molecule has 0 spiro atoms. The predicted octanol–water partition coefficient (Wildman–Crippen LogP) is 1.38. The standard InChI is InChI=1S/C16H22N2O5S/c1-5-16(3,15(20)21)17-14(19)11-6-7-13-12(9-11)8-10(2)18(13)24(4,22)23/h6-7,9-10H,5,8H2,1-4H3,(H,17,19)(H,20,21). The Kier molecular flexibility index (Phi) is 4.63. The predicted molar refractivity (Wildman–Crippen MR) is 90.7 cm³/mol. The van der Waals surface area contributed by atoms with Gasteiger partial charge < -0.3 is 10.4 Å². The van der Waals surface area contributed by atoms with E-state index in [0.717, 1.165) is 11.8 Å². The van der Waals surface area contributed by atoms with Gasteiger partial charge in [-0.15, -0.1) is 0 Å². The molecule has 0 fully saturated rings. The van der Waals surface area contributed by atoms with Gasteiger partial charge in [-0.2, -0.15) is 0 Å². The third-order valence-corrected chi connectivity index (χ3v) is 5.69. The summed E-state index contributed by atoms with van der Waals surface area (Å²) in [5.74, 6) is -1.59. The molecule has 0 aromatic heterocycles. The number of nitrogens with zero attached hydrogens (tertiary/aromatic N) is 1. The lowest BCUT2D eigenvalue weighted by Crippen LogP contribution is -2.51. The summed E-state index contributed by atoms with van der Waals surface area (Å²) < 4.78 is 25.2. The van der Waals surface area contributed by atoms with Crippen LogP contribution < -0.4 is 9.62 Å². The largest absolute Gasteiger partial charge is 0.480 e. The zero-order chi connectivity index (χ0) is 18.3. The zero-order valence-electron chi connectivity index (χ0n) is 14.2. The number of aliphatic carboxylic acids is 1. The van der Waals surface area contributed by atoms with E-state index in [9.17, 15) is 23.1 Å². The van der Waals surface area contributed by atoms with Crippen LogP contribution in [0.5, 0.6) is 0 Å². The molecule has 0 aliphatic carbocycles. The molecule has 0 bridgehead atoms. The lowest BCUT2D eigenvalue weighted by molar-refractivity contribution is -0.143. The fourth-order valence-corrected chi connectivity index (χ4v) is 4.13. The summed E-state index contributed by atoms with van der Waals surface area (Å²) in [6.45, 7) is 4.94. The first kappa shape index (κ1) is 18.3. The van der Waals surface area contributed by atoms with Crippen LogP contribution in [0.15, 0.2) is 18.2 Å². The zero-order valence-corrected chi connectivity index (χ0v) is 15.0. The van der Waals surface area contributed by atoms with Gasteiger partial charge in [0.25, 0.3) is 5.91 Å². The lowest BCUT2D eigenvalue weighted by atomic mass is 9.98. The number of rotatable bonds is 5. The van der Waals surface area contributed by atoms with Gasteiger partial charge in [0.05, 0.1) is 11.9 Å². The number of hydrogen-bond acceptors (Lipinski definition) is 4. The van der Waals surface area contributed by atoms with Gasteiger partial charge in [0.1, 0.15) is 5.54 Å². The Morgan fingerprint density at radius 2 is 2.04 bits per heavy atom. The number of benzene rings is 1. The molecule has 0 radical (unpaired) electrons. The van der Waals surface area contributed by atoms with Crippen LogP contribution in [0.4, 0.5) is 5.69 Å². The van der Waals surface area contributed by atoms with Crippen LogP contribution in [0.25, 0.3) is 0 Å². The second-order valence-corrected chi connectivity index (χ2v) is 8.26. The van der Waals surface area contributed by atoms with Crippen molar-refractivity contribution in [1.82, 2.24) is 5.32 Å². The molecule has 1 aromatic carbocycles. The van der Waals surface area contributed by atoms with Crippen LogP contribution in [-0.4, -0.2) is 43.2 Å². The van der Waals surface area contributed by atoms with Crippen molar-refractivity contribution < 1.29 is 23.1 Å². The van der Waals surface area contributed by atoms with Crippen molar-refractivity contribution in [1.29, 1.82) is 0 Å². The number of amides is 1. The van der Waals surface area contributed by atoms with Crippen molar-refractivity contribution in [3.05, 3.63) is 29.3 Å². The monoisotopic (exact) mass is 354 g/mol. The van der Waals surface area contributed by atoms with Crippen LogP contribution in [0.2, 0.25) is 0 Å². The molecular weight excluding hydrogens is 332 g/mol. The molecule has 8 heteroatoms. The SMILES string of the molecule is CCC(C)(NC(=O)c1ccc2c(c1)CC(C)N2S(C)(=O)=O)C(=O)O. The van der Waals surface area contributed by atoms with Crippen LogP contribution in [0.1, 0.15) is 43.1 Å². The van der Waals surface area contributed by atoms with Gasteiger partial charge in [0, 0.05) is 11.6 Å². The molecule has 2 atom stereocenters. The van der Waals surface area contributed by atoms with Crippen LogP contribution in [0.3, 0.4) is 0 Å². The molecule has 132 valence electrons. The molecule has 1 aliphatic rings. The second kappa shape index (κ2) is 6.08. The van der Waals surface area contributed by atoms with Crippen molar-refractivity contribution in [3.63, 3.8) is 0 Å². The van der Waals surface area contributed by atoms with E-state index in [4.69, 9.17) is 0 Å². The van der Waals surface area contributed by atoms with Crippen LogP contribution >= 0.6 is 0 Å². The van der Waals surface area contributed by atoms with E-state index < -0.39 is 27.4 Å². The molecule has 24 heavy (non-hydrogen) atoms. The molecule has 1 amide bonds. The van der Waals surface area contributed by atoms with E-state index in [2.05, 4.69) is 5.32 Å². The lowest BCUT2D eigenvalue weighted by Gasteiger charge is -2.25. The highest BCUT2D eigenvalue weighted by atomic mass is 32.2. The first-order valence-corrected chi connectivity index (χ1v) is 9.52. The topological polar surface area (TPSA) is 104 Å². The van der Waals surface area contributed by atoms with Gasteiger partial charge in [0.2, 0.25) is 10.0 Å². The summed E-state index contributed by atoms with van der Waals surface area (Å²) in [5, 5.41) is 11.8. The summed E-state index contributed by atoms with van der Waals surface area (Å²) >= 11 is 0. The van der Waals surface area contributed by atoms with Crippen molar-refractivity contribution >= 4 is 27.6 Å². The normalized spacial score (nSPS) is 19.5. The van der Waals surface area contributed by atoms with Crippen LogP contribution in [0, 0.1) is 0 Å². The molecule has 0 saturated heterocycles. The summed E-state index contributed by atoms with van der Waals surface area (Å²) in [4.78, 5) is 23.7. The number of hydrogen-bond donors (Lipinski definition) is 2. The van der Waals surface area contributed by atoms with E-state index >= 15 is 0 Å². The summed E-state index contributed by atoms with van der Waals surface area (Å²) in [6, 6.07) is 4.53. The molecule has 7 nitrogen and oxygen atoms in total. The highest BCUT2D eigenvalue weighted by molar-refractivity contribution is 7.92. The fourth-order valence-electron chi connectivity index (χ4n) is 2.87. The van der Waals surface area contributed by atoms with Gasteiger partial charge in [-0.05, 0) is 50.5 Å². The third-order valence-electron chi connectivity index (χ3n) is 4.42. The maximum atomic E-state index is 12.4. The smallest absolute Gasteiger partial charge is 0.329 e. The first-order valence-electron chi connectivity index (χ1n) is 7.68. The number of carboxylic acid groups (broad SMARTS) is 1. The summed E-state index contributed by atoms with van der Waals surface area (Å²) in [7, 11) is -3.39. The molecule has 2 N–H and O–H groups in total. The van der Waals surface area contributed by atoms with Gasteiger partial charge >= 0.3 is 5.97 Å². The number of fused-ring (bicyclic) bond motifs is 1. The maximum Gasteiger partial charge on any atom is 0.329 e. The van der Waals surface area contributed by atoms with Gasteiger partial charge in [-0.1, -0.05) is 6.92 Å². The number of carbonyl (C=O) groups excluding carboxylic acids is 1. The molecular formula is C16H22N2O5S. The minimum atomic E-state index is -3.39. The Labute approximate surface area is 141 Å². The molecule has 1 aromatic rings. The molecule has 2 unspecified atom stereocenters. The Hall–Kier alpha value is -2.09. The van der Waals surface area contributed by atoms with Crippen molar-refractivity contribution in [3.8, 4) is 0 Å². The number of anilines is 1. The third kappa shape index (κ3) is 3.24. The molecule has 2 rings (SSSR count). The molecule has 0 saturated carbocycles. The highest BCUT2D eigenvalue weighted by Crippen LogP contribution is 2.34. The summed E-state index contributed by atoms with van der Waals surface area (Å²) in [5.41, 5.74) is 0.298. The average Bonchev–Trinajstić information content (AvgIpc) is 2.81. The number of nitrogens with one attached hydrogen (secondary N) is 1. The van der Waals surface area contributed by atoms with Crippen molar-refractivity contribution in [2.45, 2.75) is 45.2 Å². The van der Waals surface area contributed by atoms with Gasteiger partial charge in [-0.25, -0.2) is 13.2 Å². The summed E-state index contributed by atoms with van der Waals surface area (Å²) in [6.07, 6.45) is 1.91. The number of carboxylic acids is 1. The maximum absolute atomic E-state index is 12.4. The fraction of sp³-hybridized carbons (Fsp3) is 0.500. The highest BCUT2D eigenvalue weighted by Gasteiger charge is 2.35. The Morgan fingerprint density at radius 3 is 2.54 bits per heavy atom. The van der Waals surface area contributed by atoms with E-state index in [1.807, 2.05) is 0 Å². The Morgan fingerprint density at radius 1 is 1.42 bits per heavy atom. The Bertz CT molecular complexity index is 790. The molecule has 1 aliphatic heterocycles. The van der Waals surface area contributed by atoms with Gasteiger partial charge in [0.15, 0.2) is 0 Å². The second-order valence-electron chi connectivity index (χ2n) is 6.40. The first-order chi connectivity index (χ1) is 11.0. The quantitative estimate of drug-likeness (QED) is 0.831. The minimum absolute atomic E-state index is 0.215. The molecule has 1 heterocycles. The minimum Gasteiger partial charge on any atom is -0.480 e. The van der Waals surface area contributed by atoms with E-state index in [0.29, 0.717) is 17.7 Å². The van der Waals surface area contributed by atoms with E-state index in [1.165, 1.54) is 17.3 Å².